The van der Waals surface area contributed by atoms with Gasteiger partial charge in [-0.1, -0.05) is 0 Å². The van der Waals surface area contributed by atoms with E-state index in [1.165, 1.54) is 0 Å². The minimum atomic E-state index is -0.389. The number of likely N-dealkylation sites (tertiary alicyclic amines) is 1. The van der Waals surface area contributed by atoms with Crippen molar-refractivity contribution in [1.82, 2.24) is 19.3 Å². The Bertz CT molecular complexity index is 1320. The van der Waals surface area contributed by atoms with Gasteiger partial charge in [0.2, 0.25) is 0 Å². The monoisotopic (exact) mass is 403 g/mol. The lowest BCUT2D eigenvalue weighted by atomic mass is 10.1. The number of aryl methyl sites for hydroxylation is 2. The van der Waals surface area contributed by atoms with Crippen LogP contribution in [0.1, 0.15) is 24.7 Å². The summed E-state index contributed by atoms with van der Waals surface area (Å²) in [5, 5.41) is 4.45. The van der Waals surface area contributed by atoms with Crippen LogP contribution in [-0.2, 0) is 0 Å². The van der Waals surface area contributed by atoms with E-state index >= 15 is 0 Å². The predicted molar refractivity (Wildman–Crippen MR) is 118 cm³/mol. The summed E-state index contributed by atoms with van der Waals surface area (Å²) in [6.07, 6.45) is 4.85. The molecular formula is C23H25N5O2. The molecule has 1 saturated heterocycles. The van der Waals surface area contributed by atoms with E-state index in [4.69, 9.17) is 4.42 Å². The number of nitrogens with zero attached hydrogens (tertiary/aromatic N) is 4. The smallest absolute Gasteiger partial charge is 0.345 e. The average Bonchev–Trinajstić information content (AvgIpc) is 3.26. The molecule has 5 rings (SSSR count). The van der Waals surface area contributed by atoms with Gasteiger partial charge < -0.3 is 19.0 Å². The van der Waals surface area contributed by atoms with E-state index in [2.05, 4.69) is 34.2 Å². The summed E-state index contributed by atoms with van der Waals surface area (Å²) in [7, 11) is 2.14. The Balaban J connectivity index is 1.52. The molecular weight excluding hydrogens is 378 g/mol. The zero-order valence-electron chi connectivity index (χ0n) is 17.6. The first-order chi connectivity index (χ1) is 14.4. The molecule has 2 atom stereocenters. The van der Waals surface area contributed by atoms with Crippen molar-refractivity contribution in [2.75, 3.05) is 18.9 Å². The number of anilines is 1. The van der Waals surface area contributed by atoms with Gasteiger partial charge in [-0.3, -0.25) is 4.98 Å². The molecule has 7 nitrogen and oxygen atoms in total. The molecule has 0 bridgehead atoms. The summed E-state index contributed by atoms with van der Waals surface area (Å²) in [6.45, 7) is 7.16. The van der Waals surface area contributed by atoms with Gasteiger partial charge in [-0.2, -0.15) is 0 Å². The lowest BCUT2D eigenvalue weighted by Gasteiger charge is -2.22. The molecule has 0 amide bonds. The topological polar surface area (TPSA) is 75.7 Å². The largest absolute Gasteiger partial charge is 0.422 e. The van der Waals surface area contributed by atoms with Crippen LogP contribution in [0, 0.1) is 13.8 Å². The van der Waals surface area contributed by atoms with Gasteiger partial charge in [0.15, 0.2) is 5.65 Å². The molecule has 0 saturated carbocycles. The number of imidazole rings is 1. The van der Waals surface area contributed by atoms with Gasteiger partial charge in [0.1, 0.15) is 5.58 Å². The molecule has 1 N–H and O–H groups in total. The molecule has 4 heterocycles. The van der Waals surface area contributed by atoms with E-state index in [-0.39, 0.29) is 5.63 Å². The van der Waals surface area contributed by atoms with E-state index in [9.17, 15) is 4.79 Å². The zero-order chi connectivity index (χ0) is 21.0. The molecule has 3 aromatic heterocycles. The highest BCUT2D eigenvalue weighted by atomic mass is 16.4. The third-order valence-electron chi connectivity index (χ3n) is 6.16. The molecule has 1 aliphatic rings. The number of nitrogens with one attached hydrogen (secondary N) is 1. The summed E-state index contributed by atoms with van der Waals surface area (Å²) >= 11 is 0. The molecule has 7 heteroatoms. The van der Waals surface area contributed by atoms with Gasteiger partial charge in [-0.15, -0.1) is 0 Å². The van der Waals surface area contributed by atoms with Gasteiger partial charge in [0, 0.05) is 48.2 Å². The fraction of sp³-hybridized carbons (Fsp3) is 0.348. The predicted octanol–water partition coefficient (Wildman–Crippen LogP) is 3.62. The Morgan fingerprint density at radius 1 is 1.17 bits per heavy atom. The Hall–Kier alpha value is -3.19. The van der Waals surface area contributed by atoms with Crippen molar-refractivity contribution < 1.29 is 4.42 Å². The Labute approximate surface area is 174 Å². The number of benzene rings is 1. The highest BCUT2D eigenvalue weighted by molar-refractivity contribution is 5.84. The van der Waals surface area contributed by atoms with Crippen LogP contribution in [0.2, 0.25) is 0 Å². The van der Waals surface area contributed by atoms with Crippen LogP contribution in [0.25, 0.3) is 27.9 Å². The number of aromatic nitrogens is 3. The van der Waals surface area contributed by atoms with Crippen LogP contribution in [0.3, 0.4) is 0 Å². The van der Waals surface area contributed by atoms with Crippen molar-refractivity contribution in [3.63, 3.8) is 0 Å². The molecule has 0 radical (unpaired) electrons. The van der Waals surface area contributed by atoms with Crippen molar-refractivity contribution >= 4 is 22.3 Å². The van der Waals surface area contributed by atoms with E-state index in [0.717, 1.165) is 41.1 Å². The van der Waals surface area contributed by atoms with Gasteiger partial charge in [-0.25, -0.2) is 9.78 Å². The van der Waals surface area contributed by atoms with Crippen molar-refractivity contribution in [2.24, 2.45) is 0 Å². The second-order valence-electron chi connectivity index (χ2n) is 8.29. The first-order valence-corrected chi connectivity index (χ1v) is 10.3. The summed E-state index contributed by atoms with van der Waals surface area (Å²) in [5.41, 5.74) is 4.66. The standard InChI is InChI=1S/C23H25N5O2/c1-13-11-28-12-20(26-22(28)14(2)24-13)18-9-16-5-6-17(10-21(16)30-23(18)29)25-19-7-8-27(4)15(19)3/h5-6,9-12,15,19,25H,7-8H2,1-4H3/t15?,19-/m0/s1. The first kappa shape index (κ1) is 18.8. The number of rotatable bonds is 3. The third kappa shape index (κ3) is 3.15. The van der Waals surface area contributed by atoms with Gasteiger partial charge in [0.25, 0.3) is 0 Å². The fourth-order valence-electron chi connectivity index (χ4n) is 4.32. The molecule has 1 aliphatic heterocycles. The van der Waals surface area contributed by atoms with Gasteiger partial charge in [-0.05, 0) is 52.4 Å². The average molecular weight is 403 g/mol. The maximum Gasteiger partial charge on any atom is 0.345 e. The number of likely N-dealkylation sites (N-methyl/N-ethyl adjacent to an activating group) is 1. The highest BCUT2D eigenvalue weighted by Gasteiger charge is 2.27. The molecule has 1 unspecified atom stereocenters. The zero-order valence-corrected chi connectivity index (χ0v) is 17.6. The number of fused-ring (bicyclic) bond motifs is 2. The molecule has 4 aromatic rings. The summed E-state index contributed by atoms with van der Waals surface area (Å²) in [6, 6.07) is 8.64. The van der Waals surface area contributed by atoms with Crippen LogP contribution >= 0.6 is 0 Å². The summed E-state index contributed by atoms with van der Waals surface area (Å²) < 4.78 is 7.59. The molecule has 0 aliphatic carbocycles. The van der Waals surface area contributed by atoms with Crippen molar-refractivity contribution in [1.29, 1.82) is 0 Å². The van der Waals surface area contributed by atoms with Crippen LogP contribution in [0.4, 0.5) is 5.69 Å². The second-order valence-corrected chi connectivity index (χ2v) is 8.29. The highest BCUT2D eigenvalue weighted by Crippen LogP contribution is 2.26. The van der Waals surface area contributed by atoms with Crippen molar-refractivity contribution in [3.8, 4) is 11.3 Å². The van der Waals surface area contributed by atoms with Crippen molar-refractivity contribution in [3.05, 3.63) is 58.5 Å². The second kappa shape index (κ2) is 6.95. The minimum absolute atomic E-state index is 0.386. The first-order valence-electron chi connectivity index (χ1n) is 10.3. The Morgan fingerprint density at radius 2 is 2.00 bits per heavy atom. The molecule has 1 aromatic carbocycles. The van der Waals surface area contributed by atoms with E-state index in [1.807, 2.05) is 54.9 Å². The Kier molecular flexibility index (Phi) is 4.36. The van der Waals surface area contributed by atoms with Gasteiger partial charge >= 0.3 is 5.63 Å². The van der Waals surface area contributed by atoms with Gasteiger partial charge in [0.05, 0.1) is 22.6 Å². The molecule has 154 valence electrons. The molecule has 0 spiro atoms. The van der Waals surface area contributed by atoms with Crippen LogP contribution < -0.4 is 10.9 Å². The van der Waals surface area contributed by atoms with E-state index in [0.29, 0.717) is 28.9 Å². The third-order valence-corrected chi connectivity index (χ3v) is 6.16. The lowest BCUT2D eigenvalue weighted by molar-refractivity contribution is 0.323. The maximum atomic E-state index is 12.8. The lowest BCUT2D eigenvalue weighted by Crippen LogP contribution is -2.33. The molecule has 1 fully saturated rings. The maximum absolute atomic E-state index is 12.8. The van der Waals surface area contributed by atoms with Crippen molar-refractivity contribution in [2.45, 2.75) is 39.3 Å². The fourth-order valence-corrected chi connectivity index (χ4v) is 4.32. The van der Waals surface area contributed by atoms with E-state index < -0.39 is 0 Å². The van der Waals surface area contributed by atoms with Crippen LogP contribution in [-0.4, -0.2) is 44.9 Å². The van der Waals surface area contributed by atoms with Crippen LogP contribution in [0.15, 0.2) is 45.9 Å². The van der Waals surface area contributed by atoms with Crippen LogP contribution in [0.5, 0.6) is 0 Å². The van der Waals surface area contributed by atoms with E-state index in [1.54, 1.807) is 0 Å². The number of hydrogen-bond donors (Lipinski definition) is 1. The molecule has 30 heavy (non-hydrogen) atoms. The SMILES string of the molecule is Cc1cn2cc(-c3cc4ccc(N[C@H]5CCN(C)C5C)cc4oc3=O)nc2c(C)n1. The summed E-state index contributed by atoms with van der Waals surface area (Å²) in [4.78, 5) is 24.2. The summed E-state index contributed by atoms with van der Waals surface area (Å²) in [5.74, 6) is 0. The number of hydrogen-bond acceptors (Lipinski definition) is 6. The minimum Gasteiger partial charge on any atom is -0.422 e. The Morgan fingerprint density at radius 3 is 2.77 bits per heavy atom. The normalized spacial score (nSPS) is 19.7. The quantitative estimate of drug-likeness (QED) is 0.527.